The molecule has 1 aromatic heterocycles. The number of aromatic nitrogens is 2. The van der Waals surface area contributed by atoms with Gasteiger partial charge in [-0.3, -0.25) is 10.1 Å². The number of nitro groups is 1. The summed E-state index contributed by atoms with van der Waals surface area (Å²) in [5.41, 5.74) is 1.53. The van der Waals surface area contributed by atoms with E-state index < -0.39 is 0 Å². The smallest absolute Gasteiger partial charge is 0.273 e. The van der Waals surface area contributed by atoms with Crippen LogP contribution < -0.4 is 5.32 Å². The van der Waals surface area contributed by atoms with Gasteiger partial charge in [-0.1, -0.05) is 6.92 Å². The number of benzene rings is 1. The fourth-order valence-electron chi connectivity index (χ4n) is 1.96. The Balaban J connectivity index is 2.51. The third kappa shape index (κ3) is 2.73. The van der Waals surface area contributed by atoms with Crippen molar-refractivity contribution in [2.24, 2.45) is 0 Å². The molecule has 0 aliphatic carbocycles. The molecule has 0 spiro atoms. The fourth-order valence-corrected chi connectivity index (χ4v) is 1.96. The van der Waals surface area contributed by atoms with E-state index >= 15 is 0 Å². The fraction of sp³-hybridized carbons (Fsp3) is 0.308. The molecule has 100 valence electrons. The van der Waals surface area contributed by atoms with Crippen LogP contribution >= 0.6 is 0 Å². The number of nitrogens with one attached hydrogen (secondary N) is 1. The Morgan fingerprint density at radius 2 is 2.21 bits per heavy atom. The van der Waals surface area contributed by atoms with Gasteiger partial charge in [-0.15, -0.1) is 0 Å². The zero-order valence-corrected chi connectivity index (χ0v) is 11.0. The molecule has 2 aromatic rings. The molecule has 6 nitrogen and oxygen atoms in total. The highest BCUT2D eigenvalue weighted by molar-refractivity contribution is 5.58. The average molecular weight is 260 g/mol. The van der Waals surface area contributed by atoms with Crippen molar-refractivity contribution in [1.82, 2.24) is 9.55 Å². The number of anilines is 1. The van der Waals surface area contributed by atoms with Gasteiger partial charge in [-0.05, 0) is 12.5 Å². The SMILES string of the molecule is CCCc1nccn1-c1cc(NC)cc([N+](=O)[O-])c1. The molecule has 0 radical (unpaired) electrons. The summed E-state index contributed by atoms with van der Waals surface area (Å²) >= 11 is 0. The molecule has 19 heavy (non-hydrogen) atoms. The van der Waals surface area contributed by atoms with Crippen LogP contribution in [0, 0.1) is 10.1 Å². The first kappa shape index (κ1) is 13.1. The third-order valence-electron chi connectivity index (χ3n) is 2.87. The molecule has 0 bridgehead atoms. The van der Waals surface area contributed by atoms with Gasteiger partial charge in [0.1, 0.15) is 5.82 Å². The predicted molar refractivity (Wildman–Crippen MR) is 73.8 cm³/mol. The van der Waals surface area contributed by atoms with E-state index in [1.54, 1.807) is 19.3 Å². The first-order valence-corrected chi connectivity index (χ1v) is 6.15. The minimum atomic E-state index is -0.388. The highest BCUT2D eigenvalue weighted by Crippen LogP contribution is 2.24. The molecule has 0 aliphatic heterocycles. The zero-order valence-electron chi connectivity index (χ0n) is 11.0. The molecule has 0 saturated carbocycles. The van der Waals surface area contributed by atoms with Crippen LogP contribution in [0.4, 0.5) is 11.4 Å². The lowest BCUT2D eigenvalue weighted by molar-refractivity contribution is -0.384. The minimum Gasteiger partial charge on any atom is -0.388 e. The van der Waals surface area contributed by atoms with Crippen molar-refractivity contribution in [3.05, 3.63) is 46.5 Å². The number of imidazole rings is 1. The molecule has 0 fully saturated rings. The molecule has 1 aromatic carbocycles. The van der Waals surface area contributed by atoms with Crippen molar-refractivity contribution in [3.8, 4) is 5.69 Å². The summed E-state index contributed by atoms with van der Waals surface area (Å²) in [5, 5.41) is 13.9. The van der Waals surface area contributed by atoms with Crippen LogP contribution in [0.1, 0.15) is 19.2 Å². The van der Waals surface area contributed by atoms with Gasteiger partial charge in [0.15, 0.2) is 0 Å². The second-order valence-corrected chi connectivity index (χ2v) is 4.21. The number of rotatable bonds is 5. The first-order chi connectivity index (χ1) is 9.15. The predicted octanol–water partition coefficient (Wildman–Crippen LogP) is 2.77. The lowest BCUT2D eigenvalue weighted by Gasteiger charge is -2.09. The molecule has 0 unspecified atom stereocenters. The van der Waals surface area contributed by atoms with Crippen LogP contribution in [-0.2, 0) is 6.42 Å². The number of hydrogen-bond acceptors (Lipinski definition) is 4. The second kappa shape index (κ2) is 5.51. The van der Waals surface area contributed by atoms with Gasteiger partial charge in [-0.2, -0.15) is 0 Å². The Labute approximate surface area is 111 Å². The number of aryl methyl sites for hydroxylation is 1. The minimum absolute atomic E-state index is 0.0676. The maximum absolute atomic E-state index is 11.0. The van der Waals surface area contributed by atoms with Crippen LogP contribution in [-0.4, -0.2) is 21.5 Å². The van der Waals surface area contributed by atoms with Crippen molar-refractivity contribution in [2.75, 3.05) is 12.4 Å². The van der Waals surface area contributed by atoms with Crippen LogP contribution in [0.5, 0.6) is 0 Å². The molecule has 0 atom stereocenters. The van der Waals surface area contributed by atoms with Crippen LogP contribution in [0.2, 0.25) is 0 Å². The normalized spacial score (nSPS) is 10.4. The van der Waals surface area contributed by atoms with E-state index in [2.05, 4.69) is 17.2 Å². The lowest BCUT2D eigenvalue weighted by Crippen LogP contribution is -2.02. The van der Waals surface area contributed by atoms with Gasteiger partial charge in [0.05, 0.1) is 10.6 Å². The van der Waals surface area contributed by atoms with E-state index in [0.717, 1.165) is 24.4 Å². The summed E-state index contributed by atoms with van der Waals surface area (Å²) in [5.74, 6) is 0.907. The maximum Gasteiger partial charge on any atom is 0.273 e. The van der Waals surface area contributed by atoms with E-state index in [1.165, 1.54) is 6.07 Å². The molecular formula is C13H16N4O2. The highest BCUT2D eigenvalue weighted by Gasteiger charge is 2.12. The van der Waals surface area contributed by atoms with Gasteiger partial charge in [0.25, 0.3) is 5.69 Å². The molecule has 0 saturated heterocycles. The molecule has 6 heteroatoms. The summed E-state index contributed by atoms with van der Waals surface area (Å²) in [6.45, 7) is 2.07. The Kier molecular flexibility index (Phi) is 3.79. The Morgan fingerprint density at radius 3 is 2.84 bits per heavy atom. The topological polar surface area (TPSA) is 73.0 Å². The van der Waals surface area contributed by atoms with Crippen molar-refractivity contribution >= 4 is 11.4 Å². The summed E-state index contributed by atoms with van der Waals surface area (Å²) in [4.78, 5) is 14.9. The largest absolute Gasteiger partial charge is 0.388 e. The van der Waals surface area contributed by atoms with Gasteiger partial charge in [0, 0.05) is 43.7 Å². The van der Waals surface area contributed by atoms with Crippen molar-refractivity contribution in [3.63, 3.8) is 0 Å². The van der Waals surface area contributed by atoms with Crippen molar-refractivity contribution < 1.29 is 4.92 Å². The molecule has 1 N–H and O–H groups in total. The van der Waals surface area contributed by atoms with E-state index in [9.17, 15) is 10.1 Å². The van der Waals surface area contributed by atoms with Gasteiger partial charge in [0.2, 0.25) is 0 Å². The number of hydrogen-bond donors (Lipinski definition) is 1. The molecular weight excluding hydrogens is 244 g/mol. The lowest BCUT2D eigenvalue weighted by atomic mass is 10.2. The van der Waals surface area contributed by atoms with Gasteiger partial charge < -0.3 is 9.88 Å². The van der Waals surface area contributed by atoms with Crippen LogP contribution in [0.25, 0.3) is 5.69 Å². The first-order valence-electron chi connectivity index (χ1n) is 6.15. The second-order valence-electron chi connectivity index (χ2n) is 4.21. The van der Waals surface area contributed by atoms with E-state index in [-0.39, 0.29) is 10.6 Å². The third-order valence-corrected chi connectivity index (χ3v) is 2.87. The molecule has 0 amide bonds. The van der Waals surface area contributed by atoms with Crippen LogP contribution in [0.15, 0.2) is 30.6 Å². The number of non-ortho nitro benzene ring substituents is 1. The van der Waals surface area contributed by atoms with Crippen molar-refractivity contribution in [2.45, 2.75) is 19.8 Å². The Morgan fingerprint density at radius 1 is 1.42 bits per heavy atom. The Hall–Kier alpha value is -2.37. The van der Waals surface area contributed by atoms with Gasteiger partial charge in [-0.25, -0.2) is 4.98 Å². The zero-order chi connectivity index (χ0) is 13.8. The van der Waals surface area contributed by atoms with E-state index in [0.29, 0.717) is 5.69 Å². The number of nitro benzene ring substituents is 1. The van der Waals surface area contributed by atoms with Crippen molar-refractivity contribution in [1.29, 1.82) is 0 Å². The number of nitrogens with zero attached hydrogens (tertiary/aromatic N) is 3. The Bertz CT molecular complexity index is 592. The van der Waals surface area contributed by atoms with E-state index in [4.69, 9.17) is 0 Å². The highest BCUT2D eigenvalue weighted by atomic mass is 16.6. The molecule has 2 rings (SSSR count). The average Bonchev–Trinajstić information content (AvgIpc) is 2.87. The summed E-state index contributed by atoms with van der Waals surface area (Å²) in [6.07, 6.45) is 5.35. The molecule has 0 aliphatic rings. The summed E-state index contributed by atoms with van der Waals surface area (Å²) < 4.78 is 1.89. The standard InChI is InChI=1S/C13H16N4O2/c1-3-4-13-15-5-6-16(13)11-7-10(14-2)8-12(9-11)17(18)19/h5-9,14H,3-4H2,1-2H3. The summed E-state index contributed by atoms with van der Waals surface area (Å²) in [7, 11) is 1.74. The summed E-state index contributed by atoms with van der Waals surface area (Å²) in [6, 6.07) is 4.94. The monoisotopic (exact) mass is 260 g/mol. The molecule has 1 heterocycles. The van der Waals surface area contributed by atoms with Crippen LogP contribution in [0.3, 0.4) is 0 Å². The quantitative estimate of drug-likeness (QED) is 0.662. The van der Waals surface area contributed by atoms with Gasteiger partial charge >= 0.3 is 0 Å². The van der Waals surface area contributed by atoms with E-state index in [1.807, 2.05) is 16.8 Å². The maximum atomic E-state index is 11.0.